The lowest BCUT2D eigenvalue weighted by Crippen LogP contribution is -2.45. The van der Waals surface area contributed by atoms with Gasteiger partial charge >= 0.3 is 0 Å². The van der Waals surface area contributed by atoms with Crippen LogP contribution in [0.5, 0.6) is 0 Å². The zero-order valence-electron chi connectivity index (χ0n) is 12.6. The molecule has 0 bridgehead atoms. The molecule has 2 aliphatic rings. The van der Waals surface area contributed by atoms with Gasteiger partial charge in [-0.25, -0.2) is 0 Å². The van der Waals surface area contributed by atoms with Crippen molar-refractivity contribution < 1.29 is 4.79 Å². The minimum atomic E-state index is 0.335. The normalized spacial score (nSPS) is 29.2. The maximum atomic E-state index is 12.3. The van der Waals surface area contributed by atoms with Crippen LogP contribution in [0.3, 0.4) is 0 Å². The number of likely N-dealkylation sites (tertiary alicyclic amines) is 1. The van der Waals surface area contributed by atoms with Gasteiger partial charge in [-0.05, 0) is 51.3 Å². The van der Waals surface area contributed by atoms with Crippen LogP contribution in [0, 0.1) is 5.92 Å². The van der Waals surface area contributed by atoms with Gasteiger partial charge in [0, 0.05) is 24.4 Å². The molecule has 3 nitrogen and oxygen atoms in total. The third-order valence-electron chi connectivity index (χ3n) is 4.83. The highest BCUT2D eigenvalue weighted by Crippen LogP contribution is 2.30. The van der Waals surface area contributed by atoms with Gasteiger partial charge in [0.2, 0.25) is 5.91 Å². The summed E-state index contributed by atoms with van der Waals surface area (Å²) in [7, 11) is 2.12. The van der Waals surface area contributed by atoms with Crippen molar-refractivity contribution in [2.75, 3.05) is 32.9 Å². The SMILES string of the molecule is CSC1CCC(N(C)CC(=O)N2CCC(C)CC2)C1. The summed E-state index contributed by atoms with van der Waals surface area (Å²) in [6.07, 6.45) is 8.37. The first-order valence-corrected chi connectivity index (χ1v) is 8.89. The molecule has 1 amide bonds. The molecular weight excluding hydrogens is 256 g/mol. The average Bonchev–Trinajstić information content (AvgIpc) is 2.88. The Morgan fingerprint density at radius 1 is 1.26 bits per heavy atom. The molecule has 4 heteroatoms. The Kier molecular flexibility index (Phi) is 5.58. The van der Waals surface area contributed by atoms with Crippen molar-refractivity contribution in [3.05, 3.63) is 0 Å². The molecule has 0 spiro atoms. The monoisotopic (exact) mass is 284 g/mol. The molecule has 19 heavy (non-hydrogen) atoms. The molecule has 0 aromatic heterocycles. The molecule has 1 aliphatic heterocycles. The minimum Gasteiger partial charge on any atom is -0.342 e. The summed E-state index contributed by atoms with van der Waals surface area (Å²) >= 11 is 1.98. The molecule has 0 aromatic carbocycles. The van der Waals surface area contributed by atoms with Crippen LogP contribution in [0.2, 0.25) is 0 Å². The summed E-state index contributed by atoms with van der Waals surface area (Å²) in [5, 5.41) is 0.804. The number of likely N-dealkylation sites (N-methyl/N-ethyl adjacent to an activating group) is 1. The Morgan fingerprint density at radius 3 is 2.53 bits per heavy atom. The van der Waals surface area contributed by atoms with Crippen molar-refractivity contribution in [1.29, 1.82) is 0 Å². The maximum absolute atomic E-state index is 12.3. The molecule has 2 rings (SSSR count). The molecule has 0 aromatic rings. The molecule has 1 saturated heterocycles. The van der Waals surface area contributed by atoms with Crippen LogP contribution in [-0.2, 0) is 4.79 Å². The summed E-state index contributed by atoms with van der Waals surface area (Å²) < 4.78 is 0. The standard InChI is InChI=1S/C15H28N2OS/c1-12-6-8-17(9-7-12)15(18)11-16(2)13-4-5-14(10-13)19-3/h12-14H,4-11H2,1-3H3. The molecule has 0 N–H and O–H groups in total. The molecule has 1 saturated carbocycles. The number of rotatable bonds is 4. The second kappa shape index (κ2) is 6.98. The van der Waals surface area contributed by atoms with Gasteiger partial charge in [0.05, 0.1) is 6.54 Å². The number of piperidine rings is 1. The van der Waals surface area contributed by atoms with Crippen LogP contribution < -0.4 is 0 Å². The summed E-state index contributed by atoms with van der Waals surface area (Å²) in [6, 6.07) is 0.616. The van der Waals surface area contributed by atoms with E-state index < -0.39 is 0 Å². The van der Waals surface area contributed by atoms with Gasteiger partial charge in [0.1, 0.15) is 0 Å². The predicted octanol–water partition coefficient (Wildman–Crippen LogP) is 2.46. The zero-order chi connectivity index (χ0) is 13.8. The summed E-state index contributed by atoms with van der Waals surface area (Å²) in [6.45, 7) is 4.83. The lowest BCUT2D eigenvalue weighted by molar-refractivity contribution is -0.133. The van der Waals surface area contributed by atoms with Crippen LogP contribution in [0.25, 0.3) is 0 Å². The fourth-order valence-electron chi connectivity index (χ4n) is 3.23. The van der Waals surface area contributed by atoms with Crippen LogP contribution in [0.15, 0.2) is 0 Å². The Labute approximate surface area is 122 Å². The fourth-order valence-corrected chi connectivity index (χ4v) is 4.02. The smallest absolute Gasteiger partial charge is 0.236 e. The van der Waals surface area contributed by atoms with E-state index >= 15 is 0 Å². The van der Waals surface area contributed by atoms with Crippen molar-refractivity contribution in [3.8, 4) is 0 Å². The number of nitrogens with zero attached hydrogens (tertiary/aromatic N) is 2. The highest BCUT2D eigenvalue weighted by Gasteiger charge is 2.29. The number of hydrogen-bond acceptors (Lipinski definition) is 3. The Hall–Kier alpha value is -0.220. The van der Waals surface area contributed by atoms with Crippen LogP contribution in [-0.4, -0.2) is 59.9 Å². The topological polar surface area (TPSA) is 23.6 Å². The Morgan fingerprint density at radius 2 is 1.95 bits per heavy atom. The average molecular weight is 284 g/mol. The quantitative estimate of drug-likeness (QED) is 0.792. The molecule has 2 unspecified atom stereocenters. The molecule has 110 valence electrons. The van der Waals surface area contributed by atoms with E-state index in [2.05, 4.69) is 30.0 Å². The van der Waals surface area contributed by atoms with Gasteiger partial charge < -0.3 is 4.90 Å². The zero-order valence-corrected chi connectivity index (χ0v) is 13.4. The van der Waals surface area contributed by atoms with Crippen molar-refractivity contribution in [1.82, 2.24) is 9.80 Å². The van der Waals surface area contributed by atoms with E-state index in [4.69, 9.17) is 0 Å². The van der Waals surface area contributed by atoms with Gasteiger partial charge in [0.25, 0.3) is 0 Å². The lowest BCUT2D eigenvalue weighted by Gasteiger charge is -2.33. The van der Waals surface area contributed by atoms with Crippen molar-refractivity contribution in [3.63, 3.8) is 0 Å². The van der Waals surface area contributed by atoms with E-state index in [0.29, 0.717) is 18.5 Å². The number of carbonyl (C=O) groups is 1. The van der Waals surface area contributed by atoms with Crippen LogP contribution >= 0.6 is 11.8 Å². The minimum absolute atomic E-state index is 0.335. The molecule has 0 radical (unpaired) electrons. The van der Waals surface area contributed by atoms with Crippen LogP contribution in [0.1, 0.15) is 39.0 Å². The van der Waals surface area contributed by atoms with E-state index in [1.165, 1.54) is 32.1 Å². The largest absolute Gasteiger partial charge is 0.342 e. The summed E-state index contributed by atoms with van der Waals surface area (Å²) in [5.74, 6) is 1.13. The fraction of sp³-hybridized carbons (Fsp3) is 0.933. The first-order valence-electron chi connectivity index (χ1n) is 7.61. The Bertz CT molecular complexity index is 303. The predicted molar refractivity (Wildman–Crippen MR) is 82.6 cm³/mol. The number of carbonyl (C=O) groups excluding carboxylic acids is 1. The second-order valence-electron chi connectivity index (χ2n) is 6.30. The number of thioether (sulfide) groups is 1. The molecule has 1 aliphatic carbocycles. The van der Waals surface area contributed by atoms with E-state index in [1.54, 1.807) is 0 Å². The molecule has 2 fully saturated rings. The van der Waals surface area contributed by atoms with Gasteiger partial charge in [-0.3, -0.25) is 9.69 Å². The molecule has 1 heterocycles. The second-order valence-corrected chi connectivity index (χ2v) is 7.44. The van der Waals surface area contributed by atoms with Gasteiger partial charge in [-0.1, -0.05) is 6.92 Å². The lowest BCUT2D eigenvalue weighted by atomic mass is 9.99. The highest BCUT2D eigenvalue weighted by molar-refractivity contribution is 7.99. The van der Waals surface area contributed by atoms with Crippen molar-refractivity contribution in [2.45, 2.75) is 50.3 Å². The Balaban J connectivity index is 1.75. The number of hydrogen-bond donors (Lipinski definition) is 0. The molecular formula is C15H28N2OS. The first-order chi connectivity index (χ1) is 9.10. The first kappa shape index (κ1) is 15.2. The van der Waals surface area contributed by atoms with E-state index in [9.17, 15) is 4.79 Å². The highest BCUT2D eigenvalue weighted by atomic mass is 32.2. The maximum Gasteiger partial charge on any atom is 0.236 e. The van der Waals surface area contributed by atoms with Gasteiger partial charge in [-0.15, -0.1) is 0 Å². The third kappa shape index (κ3) is 4.12. The third-order valence-corrected chi connectivity index (χ3v) is 5.93. The van der Waals surface area contributed by atoms with Gasteiger partial charge in [-0.2, -0.15) is 11.8 Å². The van der Waals surface area contributed by atoms with Crippen LogP contribution in [0.4, 0.5) is 0 Å². The molecule has 2 atom stereocenters. The van der Waals surface area contributed by atoms with E-state index in [1.807, 2.05) is 11.8 Å². The van der Waals surface area contributed by atoms with E-state index in [0.717, 1.165) is 24.3 Å². The summed E-state index contributed by atoms with van der Waals surface area (Å²) in [5.41, 5.74) is 0. The van der Waals surface area contributed by atoms with Crippen molar-refractivity contribution in [2.24, 2.45) is 5.92 Å². The van der Waals surface area contributed by atoms with Crippen molar-refractivity contribution >= 4 is 17.7 Å². The van der Waals surface area contributed by atoms with E-state index in [-0.39, 0.29) is 0 Å². The van der Waals surface area contributed by atoms with Gasteiger partial charge in [0.15, 0.2) is 0 Å². The number of amides is 1. The summed E-state index contributed by atoms with van der Waals surface area (Å²) in [4.78, 5) is 16.7.